The van der Waals surface area contributed by atoms with Crippen LogP contribution >= 0.6 is 0 Å². The zero-order chi connectivity index (χ0) is 9.10. The third kappa shape index (κ3) is 1.56. The molecule has 0 unspecified atom stereocenters. The minimum atomic E-state index is 0.658. The molecule has 0 radical (unpaired) electrons. The van der Waals surface area contributed by atoms with E-state index >= 15 is 0 Å². The summed E-state index contributed by atoms with van der Waals surface area (Å²) in [6.45, 7) is 1.49. The van der Waals surface area contributed by atoms with Gasteiger partial charge in [0.15, 0.2) is 0 Å². The minimum absolute atomic E-state index is 0.658. The second-order valence-electron chi connectivity index (χ2n) is 2.75. The molecule has 0 atom stereocenters. The molecule has 13 heavy (non-hydrogen) atoms. The maximum atomic E-state index is 10.2. The molecule has 1 aliphatic heterocycles. The second-order valence-corrected chi connectivity index (χ2v) is 2.75. The largest absolute Gasteiger partial charge is 0.490 e. The summed E-state index contributed by atoms with van der Waals surface area (Å²) in [5, 5.41) is 5.76. The van der Waals surface area contributed by atoms with Crippen LogP contribution in [0.1, 0.15) is 0 Å². The van der Waals surface area contributed by atoms with E-state index in [4.69, 9.17) is 4.74 Å². The Balaban J connectivity index is 2.29. The van der Waals surface area contributed by atoms with Gasteiger partial charge in [0.05, 0.1) is 5.69 Å². The first-order chi connectivity index (χ1) is 6.40. The lowest BCUT2D eigenvalue weighted by Gasteiger charge is -2.19. The van der Waals surface area contributed by atoms with Crippen molar-refractivity contribution in [2.45, 2.75) is 0 Å². The van der Waals surface area contributed by atoms with Crippen molar-refractivity contribution in [1.82, 2.24) is 0 Å². The van der Waals surface area contributed by atoms with Gasteiger partial charge in [-0.2, -0.15) is 0 Å². The van der Waals surface area contributed by atoms with Crippen LogP contribution in [0.3, 0.4) is 0 Å². The standard InChI is InChI=1S/C9H10N2O2/c12-6-11-7-1-2-9-8(5-7)10-3-4-13-9/h1-2,5-6,10H,3-4H2,(H,11,12). The van der Waals surface area contributed by atoms with E-state index in [-0.39, 0.29) is 0 Å². The van der Waals surface area contributed by atoms with Gasteiger partial charge in [-0.15, -0.1) is 0 Å². The number of benzene rings is 1. The molecule has 4 heteroatoms. The van der Waals surface area contributed by atoms with Gasteiger partial charge >= 0.3 is 0 Å². The van der Waals surface area contributed by atoms with Crippen molar-refractivity contribution in [1.29, 1.82) is 0 Å². The highest BCUT2D eigenvalue weighted by Crippen LogP contribution is 2.29. The summed E-state index contributed by atoms with van der Waals surface area (Å²) in [5.41, 5.74) is 1.70. The van der Waals surface area contributed by atoms with Gasteiger partial charge in [0.1, 0.15) is 12.4 Å². The molecule has 1 aromatic rings. The van der Waals surface area contributed by atoms with E-state index in [1.54, 1.807) is 6.07 Å². The molecule has 0 saturated carbocycles. The van der Waals surface area contributed by atoms with Gasteiger partial charge in [-0.1, -0.05) is 0 Å². The predicted octanol–water partition coefficient (Wildman–Crippen LogP) is 1.06. The molecule has 0 aliphatic carbocycles. The molecule has 0 aromatic heterocycles. The van der Waals surface area contributed by atoms with Crippen LogP contribution in [-0.2, 0) is 4.79 Å². The number of carbonyl (C=O) groups is 1. The van der Waals surface area contributed by atoms with Gasteiger partial charge in [-0.3, -0.25) is 4.79 Å². The number of hydrogen-bond acceptors (Lipinski definition) is 3. The van der Waals surface area contributed by atoms with Gasteiger partial charge < -0.3 is 15.4 Å². The Bertz CT molecular complexity index is 325. The summed E-state index contributed by atoms with van der Waals surface area (Å²) < 4.78 is 5.38. The Labute approximate surface area is 75.9 Å². The van der Waals surface area contributed by atoms with E-state index in [1.807, 2.05) is 12.1 Å². The molecule has 2 N–H and O–H groups in total. The Hall–Kier alpha value is -1.71. The first-order valence-corrected chi connectivity index (χ1v) is 4.11. The number of amides is 1. The summed E-state index contributed by atoms with van der Waals surface area (Å²) in [6, 6.07) is 5.50. The maximum Gasteiger partial charge on any atom is 0.211 e. The Morgan fingerprint density at radius 2 is 2.46 bits per heavy atom. The number of fused-ring (bicyclic) bond motifs is 1. The SMILES string of the molecule is O=CNc1ccc2c(c1)NCCO2. The first kappa shape index (κ1) is 7.91. The molecule has 2 rings (SSSR count). The van der Waals surface area contributed by atoms with Crippen LogP contribution in [0.25, 0.3) is 0 Å². The van der Waals surface area contributed by atoms with Gasteiger partial charge in [-0.05, 0) is 18.2 Å². The lowest BCUT2D eigenvalue weighted by Crippen LogP contribution is -2.17. The van der Waals surface area contributed by atoms with E-state index in [2.05, 4.69) is 10.6 Å². The average Bonchev–Trinajstić information content (AvgIpc) is 2.18. The van der Waals surface area contributed by atoms with Crippen molar-refractivity contribution < 1.29 is 9.53 Å². The fourth-order valence-electron chi connectivity index (χ4n) is 1.30. The van der Waals surface area contributed by atoms with Crippen LogP contribution < -0.4 is 15.4 Å². The highest BCUT2D eigenvalue weighted by molar-refractivity contribution is 5.75. The van der Waals surface area contributed by atoms with Gasteiger partial charge in [0.2, 0.25) is 6.41 Å². The number of hydrogen-bond donors (Lipinski definition) is 2. The summed E-state index contributed by atoms with van der Waals surface area (Å²) in [7, 11) is 0. The summed E-state index contributed by atoms with van der Waals surface area (Å²) in [5.74, 6) is 0.836. The van der Waals surface area contributed by atoms with E-state index < -0.39 is 0 Å². The van der Waals surface area contributed by atoms with Crippen molar-refractivity contribution in [2.24, 2.45) is 0 Å². The minimum Gasteiger partial charge on any atom is -0.490 e. The third-order valence-electron chi connectivity index (χ3n) is 1.88. The molecule has 4 nitrogen and oxygen atoms in total. The van der Waals surface area contributed by atoms with E-state index in [9.17, 15) is 4.79 Å². The molecule has 1 heterocycles. The third-order valence-corrected chi connectivity index (χ3v) is 1.88. The molecular weight excluding hydrogens is 168 g/mol. The number of rotatable bonds is 2. The molecular formula is C9H10N2O2. The molecule has 0 fully saturated rings. The number of ether oxygens (including phenoxy) is 1. The molecule has 0 bridgehead atoms. The second kappa shape index (κ2) is 3.35. The summed E-state index contributed by atoms with van der Waals surface area (Å²) in [4.78, 5) is 10.2. The van der Waals surface area contributed by atoms with E-state index in [0.29, 0.717) is 13.0 Å². The van der Waals surface area contributed by atoms with Crippen molar-refractivity contribution in [2.75, 3.05) is 23.8 Å². The van der Waals surface area contributed by atoms with Crippen molar-refractivity contribution in [3.8, 4) is 5.75 Å². The van der Waals surface area contributed by atoms with Crippen LogP contribution in [0, 0.1) is 0 Å². The van der Waals surface area contributed by atoms with Crippen molar-refractivity contribution in [3.63, 3.8) is 0 Å². The van der Waals surface area contributed by atoms with Gasteiger partial charge in [0.25, 0.3) is 0 Å². The Morgan fingerprint density at radius 3 is 3.31 bits per heavy atom. The van der Waals surface area contributed by atoms with Gasteiger partial charge in [-0.25, -0.2) is 0 Å². The number of anilines is 2. The zero-order valence-corrected chi connectivity index (χ0v) is 7.04. The van der Waals surface area contributed by atoms with Crippen LogP contribution in [0.15, 0.2) is 18.2 Å². The van der Waals surface area contributed by atoms with Crippen LogP contribution in [0.2, 0.25) is 0 Å². The van der Waals surface area contributed by atoms with Crippen LogP contribution in [-0.4, -0.2) is 19.6 Å². The topological polar surface area (TPSA) is 50.4 Å². The quantitative estimate of drug-likeness (QED) is 0.666. The van der Waals surface area contributed by atoms with Crippen molar-refractivity contribution >= 4 is 17.8 Å². The lowest BCUT2D eigenvalue weighted by molar-refractivity contribution is -0.105. The highest BCUT2D eigenvalue weighted by Gasteiger charge is 2.08. The maximum absolute atomic E-state index is 10.2. The lowest BCUT2D eigenvalue weighted by atomic mass is 10.2. The normalized spacial score (nSPS) is 13.5. The van der Waals surface area contributed by atoms with Crippen molar-refractivity contribution in [3.05, 3.63) is 18.2 Å². The smallest absolute Gasteiger partial charge is 0.211 e. The molecule has 68 valence electrons. The molecule has 1 aromatic carbocycles. The zero-order valence-electron chi connectivity index (χ0n) is 7.04. The molecule has 1 aliphatic rings. The van der Waals surface area contributed by atoms with E-state index in [0.717, 1.165) is 23.7 Å². The first-order valence-electron chi connectivity index (χ1n) is 4.11. The molecule has 0 spiro atoms. The number of nitrogens with one attached hydrogen (secondary N) is 2. The van der Waals surface area contributed by atoms with E-state index in [1.165, 1.54) is 0 Å². The monoisotopic (exact) mass is 178 g/mol. The average molecular weight is 178 g/mol. The predicted molar refractivity (Wildman–Crippen MR) is 50.1 cm³/mol. The highest BCUT2D eigenvalue weighted by atomic mass is 16.5. The fraction of sp³-hybridized carbons (Fsp3) is 0.222. The summed E-state index contributed by atoms with van der Waals surface area (Å²) >= 11 is 0. The molecule has 0 saturated heterocycles. The molecule has 1 amide bonds. The Kier molecular flexibility index (Phi) is 2.04. The number of carbonyl (C=O) groups excluding carboxylic acids is 1. The van der Waals surface area contributed by atoms with Crippen LogP contribution in [0.4, 0.5) is 11.4 Å². The fourth-order valence-corrected chi connectivity index (χ4v) is 1.30. The van der Waals surface area contributed by atoms with Crippen LogP contribution in [0.5, 0.6) is 5.75 Å². The van der Waals surface area contributed by atoms with Gasteiger partial charge in [0, 0.05) is 12.2 Å². The Morgan fingerprint density at radius 1 is 1.54 bits per heavy atom. The summed E-state index contributed by atoms with van der Waals surface area (Å²) in [6.07, 6.45) is 0.658.